The molecule has 0 radical (unpaired) electrons. The van der Waals surface area contributed by atoms with Crippen LogP contribution in [0.15, 0.2) is 48.5 Å². The van der Waals surface area contributed by atoms with Gasteiger partial charge in [-0.3, -0.25) is 10.6 Å². The fourth-order valence-corrected chi connectivity index (χ4v) is 2.00. The molecule has 0 unspecified atom stereocenters. The van der Waals surface area contributed by atoms with Crippen LogP contribution >= 0.6 is 0 Å². The normalized spacial score (nSPS) is 9.79. The van der Waals surface area contributed by atoms with Crippen molar-refractivity contribution in [2.75, 3.05) is 23.8 Å². The predicted molar refractivity (Wildman–Crippen MR) is 101 cm³/mol. The van der Waals surface area contributed by atoms with Crippen LogP contribution in [0.2, 0.25) is 0 Å². The summed E-state index contributed by atoms with van der Waals surface area (Å²) in [7, 11) is 0. The van der Waals surface area contributed by atoms with E-state index in [0.29, 0.717) is 11.4 Å². The minimum atomic E-state index is -0.933. The third-order valence-electron chi connectivity index (χ3n) is 3.15. The van der Waals surface area contributed by atoms with E-state index < -0.39 is 18.3 Å². The van der Waals surface area contributed by atoms with Crippen molar-refractivity contribution in [3.63, 3.8) is 0 Å². The lowest BCUT2D eigenvalue weighted by Crippen LogP contribution is -2.15. The number of hydrogen-bond donors (Lipinski definition) is 2. The number of carbonyl (C=O) groups excluding carboxylic acids is 3. The van der Waals surface area contributed by atoms with E-state index in [1.54, 1.807) is 38.1 Å². The second kappa shape index (κ2) is 10.4. The number of ether oxygens (including phenoxy) is 4. The molecule has 2 rings (SSSR count). The van der Waals surface area contributed by atoms with Crippen LogP contribution in [0, 0.1) is 0 Å². The SMILES string of the molecule is CCOC(=O)Nc1ccc(OC(=O)Oc2ccc(NC(=O)OCC)cc2)cc1. The van der Waals surface area contributed by atoms with Crippen LogP contribution in [0.1, 0.15) is 13.8 Å². The van der Waals surface area contributed by atoms with Crippen molar-refractivity contribution in [3.05, 3.63) is 48.5 Å². The maximum absolute atomic E-state index is 11.9. The maximum atomic E-state index is 11.9. The minimum absolute atomic E-state index is 0.236. The molecule has 0 spiro atoms. The molecule has 9 heteroatoms. The highest BCUT2D eigenvalue weighted by Gasteiger charge is 2.09. The Kier molecular flexibility index (Phi) is 7.64. The van der Waals surface area contributed by atoms with Crippen LogP contribution in [-0.4, -0.2) is 31.6 Å². The van der Waals surface area contributed by atoms with Crippen LogP contribution in [0.4, 0.5) is 25.8 Å². The highest BCUT2D eigenvalue weighted by molar-refractivity contribution is 5.85. The average Bonchev–Trinajstić information content (AvgIpc) is 2.65. The van der Waals surface area contributed by atoms with Crippen LogP contribution in [0.25, 0.3) is 0 Å². The van der Waals surface area contributed by atoms with Crippen molar-refractivity contribution in [3.8, 4) is 11.5 Å². The Morgan fingerprint density at radius 2 is 1.04 bits per heavy atom. The lowest BCUT2D eigenvalue weighted by atomic mass is 10.3. The summed E-state index contributed by atoms with van der Waals surface area (Å²) in [5.41, 5.74) is 0.979. The van der Waals surface area contributed by atoms with E-state index in [2.05, 4.69) is 10.6 Å². The molecule has 2 N–H and O–H groups in total. The number of amides is 2. The molecule has 0 aliphatic carbocycles. The summed E-state index contributed by atoms with van der Waals surface area (Å²) >= 11 is 0. The zero-order valence-electron chi connectivity index (χ0n) is 15.4. The summed E-state index contributed by atoms with van der Waals surface area (Å²) < 4.78 is 19.6. The highest BCUT2D eigenvalue weighted by Crippen LogP contribution is 2.19. The van der Waals surface area contributed by atoms with E-state index in [4.69, 9.17) is 18.9 Å². The molecule has 2 aromatic rings. The molecule has 2 amide bonds. The Morgan fingerprint density at radius 3 is 1.36 bits per heavy atom. The lowest BCUT2D eigenvalue weighted by molar-refractivity contribution is 0.151. The van der Waals surface area contributed by atoms with Crippen molar-refractivity contribution in [2.45, 2.75) is 13.8 Å². The maximum Gasteiger partial charge on any atom is 0.519 e. The first-order valence-corrected chi connectivity index (χ1v) is 8.47. The number of anilines is 2. The van der Waals surface area contributed by atoms with Gasteiger partial charge in [-0.05, 0) is 62.4 Å². The largest absolute Gasteiger partial charge is 0.519 e. The summed E-state index contributed by atoms with van der Waals surface area (Å²) in [4.78, 5) is 34.5. The Balaban J connectivity index is 1.84. The Morgan fingerprint density at radius 1 is 0.679 bits per heavy atom. The molecule has 0 atom stereocenters. The van der Waals surface area contributed by atoms with E-state index >= 15 is 0 Å². The van der Waals surface area contributed by atoms with E-state index in [9.17, 15) is 14.4 Å². The number of nitrogens with one attached hydrogen (secondary N) is 2. The van der Waals surface area contributed by atoms with Crippen LogP contribution in [0.5, 0.6) is 11.5 Å². The zero-order valence-corrected chi connectivity index (χ0v) is 15.4. The summed E-state index contributed by atoms with van der Waals surface area (Å²) in [6.07, 6.45) is -2.08. The van der Waals surface area contributed by atoms with Gasteiger partial charge < -0.3 is 18.9 Å². The number of rotatable bonds is 6. The predicted octanol–water partition coefficient (Wildman–Crippen LogP) is 4.40. The Bertz CT molecular complexity index is 737. The number of hydrogen-bond acceptors (Lipinski definition) is 7. The molecule has 0 saturated carbocycles. The lowest BCUT2D eigenvalue weighted by Gasteiger charge is -2.08. The Hall–Kier alpha value is -3.75. The van der Waals surface area contributed by atoms with Gasteiger partial charge >= 0.3 is 18.3 Å². The first kappa shape index (κ1) is 20.6. The third-order valence-corrected chi connectivity index (χ3v) is 3.15. The molecule has 0 bridgehead atoms. The molecule has 2 aromatic carbocycles. The second-order valence-corrected chi connectivity index (χ2v) is 5.19. The van der Waals surface area contributed by atoms with Gasteiger partial charge in [0.1, 0.15) is 11.5 Å². The standard InChI is InChI=1S/C19H20N2O7/c1-3-25-17(22)20-13-5-9-15(10-6-13)27-19(24)28-16-11-7-14(8-12-16)21-18(23)26-4-2/h5-12H,3-4H2,1-2H3,(H,20,22)(H,21,23). The number of benzene rings is 2. The first-order valence-electron chi connectivity index (χ1n) is 8.47. The van der Waals surface area contributed by atoms with E-state index in [1.807, 2.05) is 0 Å². The van der Waals surface area contributed by atoms with Crippen LogP contribution in [-0.2, 0) is 9.47 Å². The van der Waals surface area contributed by atoms with Gasteiger partial charge in [0, 0.05) is 11.4 Å². The van der Waals surface area contributed by atoms with Gasteiger partial charge in [-0.1, -0.05) is 0 Å². The van der Waals surface area contributed by atoms with Gasteiger partial charge in [-0.15, -0.1) is 0 Å². The summed E-state index contributed by atoms with van der Waals surface area (Å²) in [5.74, 6) is 0.472. The topological polar surface area (TPSA) is 112 Å². The first-order chi connectivity index (χ1) is 13.5. The summed E-state index contributed by atoms with van der Waals surface area (Å²) in [6.45, 7) is 3.93. The molecule has 9 nitrogen and oxygen atoms in total. The van der Waals surface area contributed by atoms with Gasteiger partial charge in [-0.2, -0.15) is 0 Å². The summed E-state index contributed by atoms with van der Waals surface area (Å²) in [6, 6.07) is 12.2. The van der Waals surface area contributed by atoms with Crippen LogP contribution < -0.4 is 20.1 Å². The highest BCUT2D eigenvalue weighted by atomic mass is 16.7. The minimum Gasteiger partial charge on any atom is -0.450 e. The van der Waals surface area contributed by atoms with Crippen molar-refractivity contribution in [1.82, 2.24) is 0 Å². The van der Waals surface area contributed by atoms with E-state index in [0.717, 1.165) is 0 Å². The van der Waals surface area contributed by atoms with Crippen molar-refractivity contribution in [2.24, 2.45) is 0 Å². The number of carbonyl (C=O) groups is 3. The molecule has 0 aromatic heterocycles. The van der Waals surface area contributed by atoms with Crippen molar-refractivity contribution in [1.29, 1.82) is 0 Å². The molecule has 148 valence electrons. The van der Waals surface area contributed by atoms with Crippen molar-refractivity contribution < 1.29 is 33.3 Å². The molecule has 0 aliphatic heterocycles. The van der Waals surface area contributed by atoms with Gasteiger partial charge in [0.2, 0.25) is 0 Å². The molecular formula is C19H20N2O7. The van der Waals surface area contributed by atoms with Gasteiger partial charge in [0.25, 0.3) is 0 Å². The fourth-order valence-electron chi connectivity index (χ4n) is 2.00. The molecule has 0 fully saturated rings. The molecule has 0 saturated heterocycles. The third kappa shape index (κ3) is 6.87. The average molecular weight is 388 g/mol. The fraction of sp³-hybridized carbons (Fsp3) is 0.211. The second-order valence-electron chi connectivity index (χ2n) is 5.19. The van der Waals surface area contributed by atoms with E-state index in [1.165, 1.54) is 24.3 Å². The quantitative estimate of drug-likeness (QED) is 0.557. The smallest absolute Gasteiger partial charge is 0.450 e. The van der Waals surface area contributed by atoms with Gasteiger partial charge in [0.05, 0.1) is 13.2 Å². The molecule has 28 heavy (non-hydrogen) atoms. The van der Waals surface area contributed by atoms with Crippen molar-refractivity contribution >= 4 is 29.7 Å². The summed E-state index contributed by atoms with van der Waals surface area (Å²) in [5, 5.41) is 5.04. The molecule has 0 heterocycles. The molecule has 0 aliphatic rings. The molecular weight excluding hydrogens is 368 g/mol. The zero-order chi connectivity index (χ0) is 20.4. The van der Waals surface area contributed by atoms with E-state index in [-0.39, 0.29) is 24.7 Å². The Labute approximate surface area is 161 Å². The van der Waals surface area contributed by atoms with Gasteiger partial charge in [0.15, 0.2) is 0 Å². The van der Waals surface area contributed by atoms with Crippen LogP contribution in [0.3, 0.4) is 0 Å². The van der Waals surface area contributed by atoms with Gasteiger partial charge in [-0.25, -0.2) is 14.4 Å². The monoisotopic (exact) mass is 388 g/mol.